The number of aryl methyl sites for hydroxylation is 2. The summed E-state index contributed by atoms with van der Waals surface area (Å²) in [6.45, 7) is 2.29. The average molecular weight is 619 g/mol. The van der Waals surface area contributed by atoms with E-state index in [1.165, 1.54) is 28.1 Å². The second-order valence-corrected chi connectivity index (χ2v) is 13.6. The molecule has 6 aromatic rings. The standard InChI is InChI=1S/C39H34N6O2/c1-4-10-22-19-23-17-18-29-27-20-41(2)37-34(27)30(21-42(37)3)45-38-33(25-12-6-8-15-31(25)46-38)26-13-9-16-32-35(26)40-39(47-32)43(36(23)44(29)45)28-14-7-5-11-24(22)28/h5-8,11-15,17-18,20-22,30H,4,9-10,16,19H2,1-3H3/q+2. The van der Waals surface area contributed by atoms with Crippen molar-refractivity contribution in [1.82, 2.24) is 9.55 Å². The summed E-state index contributed by atoms with van der Waals surface area (Å²) >= 11 is 0. The number of allylic oxidation sites excluding steroid dienone is 1. The van der Waals surface area contributed by atoms with Crippen LogP contribution in [0.15, 0.2) is 81.8 Å². The summed E-state index contributed by atoms with van der Waals surface area (Å²) in [5, 5.41) is 3.52. The Bertz CT molecular complexity index is 2420. The summed E-state index contributed by atoms with van der Waals surface area (Å²) in [6.07, 6.45) is 11.8. The van der Waals surface area contributed by atoms with Gasteiger partial charge in [0.05, 0.1) is 37.0 Å². The number of hydrogen-bond donors (Lipinski definition) is 0. The van der Waals surface area contributed by atoms with Gasteiger partial charge in [-0.3, -0.25) is 0 Å². The van der Waals surface area contributed by atoms with Gasteiger partial charge in [0.15, 0.2) is 11.7 Å². The second kappa shape index (κ2) is 8.91. The van der Waals surface area contributed by atoms with E-state index >= 15 is 0 Å². The summed E-state index contributed by atoms with van der Waals surface area (Å²) in [4.78, 5) is 7.72. The van der Waals surface area contributed by atoms with Crippen LogP contribution in [0.25, 0.3) is 27.8 Å². The van der Waals surface area contributed by atoms with E-state index in [1.807, 2.05) is 0 Å². The number of hydrogen-bond acceptors (Lipinski definition) is 5. The van der Waals surface area contributed by atoms with Crippen LogP contribution >= 0.6 is 0 Å². The Morgan fingerprint density at radius 3 is 2.81 bits per heavy atom. The highest BCUT2D eigenvalue weighted by Gasteiger charge is 2.53. The van der Waals surface area contributed by atoms with Crippen LogP contribution in [0.3, 0.4) is 0 Å². The van der Waals surface area contributed by atoms with Gasteiger partial charge in [0.2, 0.25) is 5.88 Å². The molecule has 0 spiro atoms. The number of oxazole rings is 1. The minimum Gasteiger partial charge on any atom is -0.437 e. The molecule has 8 heterocycles. The third-order valence-corrected chi connectivity index (χ3v) is 10.9. The number of pyridine rings is 1. The van der Waals surface area contributed by atoms with Crippen LogP contribution in [-0.2, 0) is 19.9 Å². The lowest BCUT2D eigenvalue weighted by Crippen LogP contribution is -2.62. The van der Waals surface area contributed by atoms with Crippen molar-refractivity contribution in [1.29, 1.82) is 0 Å². The molecule has 47 heavy (non-hydrogen) atoms. The van der Waals surface area contributed by atoms with Crippen molar-refractivity contribution in [2.75, 3.05) is 17.0 Å². The Labute approximate surface area is 272 Å². The van der Waals surface area contributed by atoms with Gasteiger partial charge in [0.25, 0.3) is 5.82 Å². The van der Waals surface area contributed by atoms with E-state index in [-0.39, 0.29) is 6.04 Å². The SMILES string of the molecule is CCCC1Cc2ccc3[n+]4c2N(c2nc5c(o2)CCC=C5c2c(oc5ccccc25)N4C2C=[N+](C)c4c2c-3cn4C)c2ccccc21. The molecular weight excluding hydrogens is 584 g/mol. The first-order chi connectivity index (χ1) is 23.1. The fraction of sp³-hybridized carbons (Fsp3) is 0.256. The minimum atomic E-state index is -0.0844. The van der Waals surface area contributed by atoms with Gasteiger partial charge in [-0.25, -0.2) is 9.14 Å². The molecule has 0 N–H and O–H groups in total. The van der Waals surface area contributed by atoms with Gasteiger partial charge in [-0.05, 0) is 49.4 Å². The molecule has 2 atom stereocenters. The van der Waals surface area contributed by atoms with Crippen molar-refractivity contribution in [3.05, 3.63) is 107 Å². The number of furan rings is 1. The Morgan fingerprint density at radius 1 is 1.02 bits per heavy atom. The van der Waals surface area contributed by atoms with E-state index in [1.54, 1.807) is 0 Å². The Kier molecular flexibility index (Phi) is 4.89. The number of benzene rings is 2. The van der Waals surface area contributed by atoms with Gasteiger partial charge in [-0.2, -0.15) is 9.99 Å². The van der Waals surface area contributed by atoms with E-state index in [0.29, 0.717) is 11.9 Å². The Hall–Kier alpha value is -5.37. The molecule has 0 fully saturated rings. The highest BCUT2D eigenvalue weighted by molar-refractivity contribution is 6.02. The molecule has 2 unspecified atom stereocenters. The summed E-state index contributed by atoms with van der Waals surface area (Å²) in [6, 6.07) is 22.5. The van der Waals surface area contributed by atoms with Crippen LogP contribution in [0.5, 0.6) is 0 Å². The van der Waals surface area contributed by atoms with Gasteiger partial charge in [-0.1, -0.05) is 55.8 Å². The first kappa shape index (κ1) is 25.8. The van der Waals surface area contributed by atoms with Gasteiger partial charge in [-0.15, -0.1) is 9.58 Å². The van der Waals surface area contributed by atoms with E-state index in [9.17, 15) is 0 Å². The van der Waals surface area contributed by atoms with Crippen molar-refractivity contribution < 1.29 is 18.1 Å². The molecular formula is C39H34N6O2+2. The molecule has 0 amide bonds. The molecule has 8 nitrogen and oxygen atoms in total. The first-order valence-corrected chi connectivity index (χ1v) is 16.9. The zero-order chi connectivity index (χ0) is 31.1. The maximum atomic E-state index is 7.06. The van der Waals surface area contributed by atoms with Gasteiger partial charge in [0, 0.05) is 28.5 Å². The molecule has 0 saturated carbocycles. The summed E-state index contributed by atoms with van der Waals surface area (Å²) < 4.78 is 20.9. The molecule has 0 radical (unpaired) electrons. The Morgan fingerprint density at radius 2 is 1.89 bits per heavy atom. The zero-order valence-corrected chi connectivity index (χ0v) is 26.7. The monoisotopic (exact) mass is 618 g/mol. The van der Waals surface area contributed by atoms with Crippen LogP contribution < -0.4 is 14.6 Å². The number of aromatic nitrogens is 3. The van der Waals surface area contributed by atoms with Crippen molar-refractivity contribution in [2.24, 2.45) is 7.05 Å². The van der Waals surface area contributed by atoms with Crippen LogP contribution in [0, 0.1) is 0 Å². The molecule has 1 aliphatic carbocycles. The highest BCUT2D eigenvalue weighted by atomic mass is 16.4. The fourth-order valence-electron chi connectivity index (χ4n) is 9.11. The quantitative estimate of drug-likeness (QED) is 0.184. The largest absolute Gasteiger partial charge is 0.437 e. The van der Waals surface area contributed by atoms with Gasteiger partial charge >= 0.3 is 11.8 Å². The zero-order valence-electron chi connectivity index (χ0n) is 26.7. The summed E-state index contributed by atoms with van der Waals surface area (Å²) in [7, 11) is 4.31. The van der Waals surface area contributed by atoms with Crippen LogP contribution in [0.4, 0.5) is 29.2 Å². The fourth-order valence-corrected chi connectivity index (χ4v) is 9.11. The van der Waals surface area contributed by atoms with Crippen LogP contribution in [0.1, 0.15) is 71.9 Å². The van der Waals surface area contributed by atoms with Gasteiger partial charge in [0.1, 0.15) is 28.9 Å². The third kappa shape index (κ3) is 3.15. The number of rotatable bonds is 2. The topological polar surface area (TPSA) is 57.5 Å². The lowest BCUT2D eigenvalue weighted by atomic mass is 9.88. The van der Waals surface area contributed by atoms with Gasteiger partial charge < -0.3 is 8.83 Å². The van der Waals surface area contributed by atoms with E-state index in [4.69, 9.17) is 13.8 Å². The number of para-hydroxylation sites is 2. The van der Waals surface area contributed by atoms with Crippen molar-refractivity contribution in [3.63, 3.8) is 0 Å². The molecule has 4 aliphatic heterocycles. The van der Waals surface area contributed by atoms with E-state index in [0.717, 1.165) is 88.7 Å². The second-order valence-electron chi connectivity index (χ2n) is 13.6. The maximum Gasteiger partial charge on any atom is 0.401 e. The van der Waals surface area contributed by atoms with Crippen LogP contribution in [0.2, 0.25) is 0 Å². The predicted octanol–water partition coefficient (Wildman–Crippen LogP) is 8.00. The van der Waals surface area contributed by atoms with Crippen molar-refractivity contribution >= 4 is 52.0 Å². The highest BCUT2D eigenvalue weighted by Crippen LogP contribution is 2.54. The normalized spacial score (nSPS) is 19.5. The minimum absolute atomic E-state index is 0.0844. The predicted molar refractivity (Wildman–Crippen MR) is 181 cm³/mol. The lowest BCUT2D eigenvalue weighted by molar-refractivity contribution is -0.667. The molecule has 2 aromatic carbocycles. The molecule has 11 rings (SSSR count). The average Bonchev–Trinajstić information content (AvgIpc) is 3.83. The first-order valence-electron chi connectivity index (χ1n) is 16.9. The van der Waals surface area contributed by atoms with Crippen LogP contribution in [-0.4, -0.2) is 27.4 Å². The van der Waals surface area contributed by atoms with Crippen molar-refractivity contribution in [3.8, 4) is 11.3 Å². The number of anilines is 4. The van der Waals surface area contributed by atoms with Crippen molar-refractivity contribution in [2.45, 2.75) is 51.0 Å². The van der Waals surface area contributed by atoms with E-state index in [2.05, 4.69) is 124 Å². The smallest absolute Gasteiger partial charge is 0.401 e. The lowest BCUT2D eigenvalue weighted by Gasteiger charge is -2.33. The maximum absolute atomic E-state index is 7.06. The molecule has 4 aromatic heterocycles. The molecule has 230 valence electrons. The third-order valence-electron chi connectivity index (χ3n) is 10.9. The summed E-state index contributed by atoms with van der Waals surface area (Å²) in [5.74, 6) is 4.40. The molecule has 0 saturated heterocycles. The molecule has 5 aliphatic rings. The van der Waals surface area contributed by atoms with E-state index < -0.39 is 0 Å². The molecule has 8 heteroatoms. The Balaban J connectivity index is 1.35. The number of fused-ring (bicyclic) bond motifs is 11. The molecule has 2 bridgehead atoms. The number of nitrogens with zero attached hydrogens (tertiary/aromatic N) is 6. The summed E-state index contributed by atoms with van der Waals surface area (Å²) in [5.41, 5.74) is 11.3.